The van der Waals surface area contributed by atoms with Crippen LogP contribution in [0.15, 0.2) is 6.07 Å². The van der Waals surface area contributed by atoms with Gasteiger partial charge in [-0.15, -0.1) is 13.2 Å². The molecule has 0 spiro atoms. The van der Waals surface area contributed by atoms with Crippen LogP contribution in [0.2, 0.25) is 5.15 Å². The number of ether oxygens (including phenoxy) is 2. The second-order valence-corrected chi connectivity index (χ2v) is 3.08. The average Bonchev–Trinajstić information content (AvgIpc) is 2.14. The summed E-state index contributed by atoms with van der Waals surface area (Å²) in [6.45, 7) is 0. The summed E-state index contributed by atoms with van der Waals surface area (Å²) in [5.41, 5.74) is -1.05. The van der Waals surface area contributed by atoms with Gasteiger partial charge < -0.3 is 9.47 Å². The van der Waals surface area contributed by atoms with Crippen LogP contribution in [-0.2, 0) is 0 Å². The van der Waals surface area contributed by atoms with Crippen molar-refractivity contribution < 1.29 is 31.4 Å². The van der Waals surface area contributed by atoms with Crippen LogP contribution in [0.25, 0.3) is 0 Å². The van der Waals surface area contributed by atoms with Crippen LogP contribution >= 0.6 is 11.6 Å². The quantitative estimate of drug-likeness (QED) is 0.625. The van der Waals surface area contributed by atoms with E-state index in [2.05, 4.69) is 14.5 Å². The predicted octanol–water partition coefficient (Wildman–Crippen LogP) is 3.58. The second kappa shape index (κ2) is 4.91. The van der Waals surface area contributed by atoms with Crippen LogP contribution in [0.3, 0.4) is 0 Å². The van der Waals surface area contributed by atoms with Gasteiger partial charge in [-0.1, -0.05) is 11.6 Å². The number of halogens is 6. The van der Waals surface area contributed by atoms with Crippen molar-refractivity contribution in [1.82, 2.24) is 4.98 Å². The van der Waals surface area contributed by atoms with Gasteiger partial charge in [-0.25, -0.2) is 8.78 Å². The molecule has 1 aromatic heterocycles. The summed E-state index contributed by atoms with van der Waals surface area (Å²) in [6, 6.07) is 0.640. The molecule has 0 aliphatic carbocycles. The molecule has 0 saturated heterocycles. The summed E-state index contributed by atoms with van der Waals surface area (Å²) in [5.74, 6) is -1.56. The molecule has 1 heterocycles. The summed E-state index contributed by atoms with van der Waals surface area (Å²) in [4.78, 5) is 3.07. The zero-order valence-corrected chi connectivity index (χ0v) is 8.94. The van der Waals surface area contributed by atoms with Gasteiger partial charge in [-0.2, -0.15) is 4.98 Å². The molecule has 0 saturated carbocycles. The third-order valence-corrected chi connectivity index (χ3v) is 1.87. The Morgan fingerprint density at radius 3 is 2.35 bits per heavy atom. The smallest absolute Gasteiger partial charge is 0.494 e. The molecule has 17 heavy (non-hydrogen) atoms. The minimum absolute atomic E-state index is 0.267. The summed E-state index contributed by atoms with van der Waals surface area (Å²) >= 11 is 5.41. The zero-order valence-electron chi connectivity index (χ0n) is 8.19. The van der Waals surface area contributed by atoms with Gasteiger partial charge in [-0.05, 0) is 6.07 Å². The molecule has 0 radical (unpaired) electrons. The van der Waals surface area contributed by atoms with E-state index in [1.54, 1.807) is 0 Å². The van der Waals surface area contributed by atoms with Crippen LogP contribution < -0.4 is 9.47 Å². The number of hydrogen-bond acceptors (Lipinski definition) is 3. The molecule has 0 atom stereocenters. The van der Waals surface area contributed by atoms with Gasteiger partial charge in [0.15, 0.2) is 10.9 Å². The van der Waals surface area contributed by atoms with E-state index < -0.39 is 29.4 Å². The molecule has 3 nitrogen and oxygen atoms in total. The minimum atomic E-state index is -5.13. The molecule has 0 fully saturated rings. The topological polar surface area (TPSA) is 31.4 Å². The van der Waals surface area contributed by atoms with Crippen molar-refractivity contribution in [1.29, 1.82) is 0 Å². The van der Waals surface area contributed by atoms with E-state index in [0.29, 0.717) is 6.07 Å². The van der Waals surface area contributed by atoms with E-state index in [-0.39, 0.29) is 5.75 Å². The standard InChI is InChI=1S/C8H5ClF5NO2/c1-16-4-2-3(6(10)11)7(15-5(4)9)17-8(12,13)14/h2,6H,1H3. The van der Waals surface area contributed by atoms with E-state index in [1.165, 1.54) is 0 Å². The first kappa shape index (κ1) is 13.8. The Hall–Kier alpha value is -1.31. The lowest BCUT2D eigenvalue weighted by atomic mass is 10.2. The molecule has 1 rings (SSSR count). The highest BCUT2D eigenvalue weighted by molar-refractivity contribution is 6.30. The summed E-state index contributed by atoms with van der Waals surface area (Å²) in [6.07, 6.45) is -8.33. The van der Waals surface area contributed by atoms with Crippen molar-refractivity contribution in [2.24, 2.45) is 0 Å². The van der Waals surface area contributed by atoms with Gasteiger partial charge in [0.05, 0.1) is 12.7 Å². The molecule has 0 amide bonds. The highest BCUT2D eigenvalue weighted by Crippen LogP contribution is 2.36. The molecule has 0 aliphatic heterocycles. The van der Waals surface area contributed by atoms with Crippen LogP contribution in [0.4, 0.5) is 22.0 Å². The van der Waals surface area contributed by atoms with Crippen molar-refractivity contribution in [2.45, 2.75) is 12.8 Å². The Morgan fingerprint density at radius 2 is 1.94 bits per heavy atom. The number of hydrogen-bond donors (Lipinski definition) is 0. The lowest BCUT2D eigenvalue weighted by molar-refractivity contribution is -0.276. The molecule has 0 bridgehead atoms. The van der Waals surface area contributed by atoms with Gasteiger partial charge in [0, 0.05) is 0 Å². The Bertz CT molecular complexity index is 410. The van der Waals surface area contributed by atoms with Gasteiger partial charge in [-0.3, -0.25) is 0 Å². The Morgan fingerprint density at radius 1 is 1.35 bits per heavy atom. The van der Waals surface area contributed by atoms with E-state index in [4.69, 9.17) is 11.6 Å². The van der Waals surface area contributed by atoms with E-state index in [0.717, 1.165) is 7.11 Å². The number of pyridine rings is 1. The van der Waals surface area contributed by atoms with E-state index in [9.17, 15) is 22.0 Å². The summed E-state index contributed by atoms with van der Waals surface area (Å²) in [7, 11) is 1.11. The lowest BCUT2D eigenvalue weighted by Crippen LogP contribution is -2.19. The second-order valence-electron chi connectivity index (χ2n) is 2.72. The summed E-state index contributed by atoms with van der Waals surface area (Å²) in [5, 5.41) is -0.504. The molecule has 1 aromatic rings. The molecule has 0 N–H and O–H groups in total. The van der Waals surface area contributed by atoms with Gasteiger partial charge >= 0.3 is 6.36 Å². The highest BCUT2D eigenvalue weighted by Gasteiger charge is 2.34. The Balaban J connectivity index is 3.23. The van der Waals surface area contributed by atoms with Crippen LogP contribution in [0, 0.1) is 0 Å². The number of methoxy groups -OCH3 is 1. The van der Waals surface area contributed by atoms with Gasteiger partial charge in [0.25, 0.3) is 6.43 Å². The average molecular weight is 278 g/mol. The van der Waals surface area contributed by atoms with Gasteiger partial charge in [0.1, 0.15) is 0 Å². The third kappa shape index (κ3) is 3.58. The Labute approximate surface area is 97.1 Å². The van der Waals surface area contributed by atoms with Crippen molar-refractivity contribution in [3.05, 3.63) is 16.8 Å². The highest BCUT2D eigenvalue weighted by atomic mass is 35.5. The van der Waals surface area contributed by atoms with Crippen molar-refractivity contribution in [3.8, 4) is 11.6 Å². The fourth-order valence-electron chi connectivity index (χ4n) is 0.962. The molecule has 0 aliphatic rings. The van der Waals surface area contributed by atoms with Crippen LogP contribution in [-0.4, -0.2) is 18.5 Å². The monoisotopic (exact) mass is 277 g/mol. The van der Waals surface area contributed by atoms with E-state index >= 15 is 0 Å². The van der Waals surface area contributed by atoms with Crippen molar-refractivity contribution in [2.75, 3.05) is 7.11 Å². The Kier molecular flexibility index (Phi) is 3.97. The molecule has 96 valence electrons. The first-order valence-electron chi connectivity index (χ1n) is 4.03. The largest absolute Gasteiger partial charge is 0.574 e. The number of aromatic nitrogens is 1. The first-order chi connectivity index (χ1) is 7.74. The predicted molar refractivity (Wildman–Crippen MR) is 47.4 cm³/mol. The van der Waals surface area contributed by atoms with Crippen LogP contribution in [0.5, 0.6) is 11.6 Å². The maximum absolute atomic E-state index is 12.5. The number of alkyl halides is 5. The molecule has 0 aromatic carbocycles. The molecular formula is C8H5ClF5NO2. The van der Waals surface area contributed by atoms with Crippen molar-refractivity contribution >= 4 is 11.6 Å². The maximum Gasteiger partial charge on any atom is 0.574 e. The summed E-state index contributed by atoms with van der Waals surface area (Å²) < 4.78 is 68.6. The normalized spacial score (nSPS) is 11.8. The first-order valence-corrected chi connectivity index (χ1v) is 4.40. The SMILES string of the molecule is COc1cc(C(F)F)c(OC(F)(F)F)nc1Cl. The minimum Gasteiger partial charge on any atom is -0.494 e. The molecule has 0 unspecified atom stereocenters. The van der Waals surface area contributed by atoms with Crippen molar-refractivity contribution in [3.63, 3.8) is 0 Å². The number of nitrogens with zero attached hydrogens (tertiary/aromatic N) is 1. The molecule has 9 heteroatoms. The fraction of sp³-hybridized carbons (Fsp3) is 0.375. The zero-order chi connectivity index (χ0) is 13.2. The fourth-order valence-corrected chi connectivity index (χ4v) is 1.17. The maximum atomic E-state index is 12.5. The molecular weight excluding hydrogens is 273 g/mol. The van der Waals surface area contributed by atoms with Crippen LogP contribution in [0.1, 0.15) is 12.0 Å². The third-order valence-electron chi connectivity index (χ3n) is 1.60. The number of rotatable bonds is 3. The van der Waals surface area contributed by atoms with Gasteiger partial charge in [0.2, 0.25) is 5.88 Å². The van der Waals surface area contributed by atoms with E-state index in [1.807, 2.05) is 0 Å². The lowest BCUT2D eigenvalue weighted by Gasteiger charge is -2.13.